The predicted octanol–water partition coefficient (Wildman–Crippen LogP) is 0.827. The molecule has 3 amide bonds. The standard InChI is InChI=1S/C31H40N12O10S2/c1-30(2,3)51-29(46)33-12-7-13-42-15-19(14-41(42)6)18-8-10-20(11-9-18)50-16-22(25-36-39-40-37-25)52-38-23(21-17-54-28(32)34-21)26(44)35-24-27(45)43(31(24,4)5)53-55(47,48)49/h8-11,14-15,17,22,24H,7,12-13,16H2,1-6H3,(H5-,32,33,34,35,36,37,39,40,44,46,47,48,49)/p+1/b38-23-. The topological polar surface area (TPSA) is 284 Å². The van der Waals surface area contributed by atoms with Crippen LogP contribution in [0.5, 0.6) is 5.75 Å². The van der Waals surface area contributed by atoms with Gasteiger partial charge in [0, 0.05) is 11.9 Å². The number of anilines is 1. The Labute approximate surface area is 318 Å². The Kier molecular flexibility index (Phi) is 12.0. The lowest BCUT2D eigenvalue weighted by Gasteiger charge is -2.50. The van der Waals surface area contributed by atoms with E-state index in [2.05, 4.69) is 45.7 Å². The van der Waals surface area contributed by atoms with Crippen LogP contribution >= 0.6 is 11.3 Å². The van der Waals surface area contributed by atoms with Crippen LogP contribution in [0.4, 0.5) is 9.93 Å². The number of nitrogen functional groups attached to an aromatic ring is 1. The maximum atomic E-state index is 13.5. The average molecular weight is 806 g/mol. The van der Waals surface area contributed by atoms with E-state index in [0.29, 0.717) is 30.3 Å². The molecule has 6 N–H and O–H groups in total. The second-order valence-electron chi connectivity index (χ2n) is 13.6. The Balaban J connectivity index is 1.23. The van der Waals surface area contributed by atoms with Crippen molar-refractivity contribution in [3.8, 4) is 16.9 Å². The number of tetrazole rings is 1. The smallest absolute Gasteiger partial charge is 0.418 e. The molecule has 1 fully saturated rings. The molecule has 4 heterocycles. The van der Waals surface area contributed by atoms with Gasteiger partial charge in [-0.25, -0.2) is 9.78 Å². The lowest BCUT2D eigenvalue weighted by atomic mass is 9.84. The van der Waals surface area contributed by atoms with Crippen molar-refractivity contribution in [1.82, 2.24) is 46.0 Å². The van der Waals surface area contributed by atoms with Gasteiger partial charge < -0.3 is 30.7 Å². The van der Waals surface area contributed by atoms with Crippen LogP contribution in [0.2, 0.25) is 0 Å². The minimum absolute atomic E-state index is 0.0127. The molecule has 3 aromatic heterocycles. The van der Waals surface area contributed by atoms with E-state index in [0.717, 1.165) is 22.5 Å². The van der Waals surface area contributed by atoms with Gasteiger partial charge in [-0.1, -0.05) is 22.5 Å². The third kappa shape index (κ3) is 10.5. The third-order valence-corrected chi connectivity index (χ3v) is 8.87. The van der Waals surface area contributed by atoms with Gasteiger partial charge in [-0.2, -0.15) is 23.4 Å². The van der Waals surface area contributed by atoms with Crippen molar-refractivity contribution in [2.24, 2.45) is 12.2 Å². The fraction of sp³-hybridized carbons (Fsp3) is 0.452. The normalized spacial score (nSPS) is 16.3. The molecule has 0 spiro atoms. The van der Waals surface area contributed by atoms with Gasteiger partial charge in [0.2, 0.25) is 18.1 Å². The maximum absolute atomic E-state index is 13.5. The van der Waals surface area contributed by atoms with Gasteiger partial charge >= 0.3 is 16.5 Å². The molecule has 55 heavy (non-hydrogen) atoms. The number of alkyl carbamates (subject to hydrolysis) is 1. The highest BCUT2D eigenvalue weighted by Crippen LogP contribution is 2.33. The van der Waals surface area contributed by atoms with E-state index >= 15 is 0 Å². The number of nitrogens with one attached hydrogen (secondary N) is 3. The summed E-state index contributed by atoms with van der Waals surface area (Å²) in [6, 6.07) is 6.00. The van der Waals surface area contributed by atoms with E-state index in [4.69, 9.17) is 24.6 Å². The number of oxime groups is 1. The monoisotopic (exact) mass is 805 g/mol. The van der Waals surface area contributed by atoms with E-state index in [-0.39, 0.29) is 29.0 Å². The second-order valence-corrected chi connectivity index (χ2v) is 15.5. The number of carbonyl (C=O) groups is 3. The number of hydrogen-bond acceptors (Lipinski definition) is 16. The number of hydroxylamine groups is 2. The Bertz CT molecular complexity index is 2130. The first-order valence-corrected chi connectivity index (χ1v) is 18.8. The van der Waals surface area contributed by atoms with Gasteiger partial charge in [-0.15, -0.1) is 30.5 Å². The molecule has 1 aliphatic heterocycles. The van der Waals surface area contributed by atoms with Crippen molar-refractivity contribution in [2.45, 2.75) is 70.9 Å². The average Bonchev–Trinajstić information content (AvgIpc) is 3.87. The predicted molar refractivity (Wildman–Crippen MR) is 192 cm³/mol. The molecule has 1 saturated heterocycles. The summed E-state index contributed by atoms with van der Waals surface area (Å²) in [6.45, 7) is 9.17. The Hall–Kier alpha value is -5.72. The summed E-state index contributed by atoms with van der Waals surface area (Å²) in [4.78, 5) is 47.9. The molecule has 1 aromatic carbocycles. The number of nitrogens with two attached hydrogens (primary N) is 1. The minimum Gasteiger partial charge on any atom is -0.489 e. The molecule has 296 valence electrons. The van der Waals surface area contributed by atoms with Gasteiger partial charge in [0.15, 0.2) is 17.9 Å². The van der Waals surface area contributed by atoms with Crippen LogP contribution in [0, 0.1) is 0 Å². The van der Waals surface area contributed by atoms with Crippen LogP contribution in [0.15, 0.2) is 47.2 Å². The summed E-state index contributed by atoms with van der Waals surface area (Å²) < 4.78 is 51.0. The number of amides is 3. The largest absolute Gasteiger partial charge is 0.489 e. The molecule has 24 heteroatoms. The lowest BCUT2D eigenvalue weighted by Crippen LogP contribution is -2.76. The Morgan fingerprint density at radius 2 is 1.95 bits per heavy atom. The molecule has 0 aliphatic carbocycles. The zero-order chi connectivity index (χ0) is 40.1. The number of ether oxygens (including phenoxy) is 2. The zero-order valence-corrected chi connectivity index (χ0v) is 32.3. The number of carbonyl (C=O) groups excluding carboxylic acids is 3. The highest BCUT2D eigenvalue weighted by molar-refractivity contribution is 7.80. The first kappa shape index (κ1) is 40.5. The van der Waals surface area contributed by atoms with Crippen molar-refractivity contribution in [3.05, 3.63) is 53.6 Å². The van der Waals surface area contributed by atoms with Crippen molar-refractivity contribution in [3.63, 3.8) is 0 Å². The third-order valence-electron chi connectivity index (χ3n) is 7.86. The summed E-state index contributed by atoms with van der Waals surface area (Å²) in [5.41, 5.74) is 5.34. The highest BCUT2D eigenvalue weighted by Gasteiger charge is 2.58. The number of hydrogen-bond donors (Lipinski definition) is 5. The number of aromatic nitrogens is 7. The number of aromatic amines is 1. The van der Waals surface area contributed by atoms with E-state index in [1.165, 1.54) is 19.2 Å². The maximum Gasteiger partial charge on any atom is 0.418 e. The number of β-lactam (4-membered cyclic amide) rings is 1. The molecule has 0 radical (unpaired) electrons. The van der Waals surface area contributed by atoms with Crippen LogP contribution < -0.4 is 25.8 Å². The molecule has 4 aromatic rings. The zero-order valence-electron chi connectivity index (χ0n) is 30.6. The Morgan fingerprint density at radius 1 is 1.22 bits per heavy atom. The molecule has 0 saturated carbocycles. The number of rotatable bonds is 16. The van der Waals surface area contributed by atoms with Gasteiger partial charge in [-0.3, -0.25) is 14.1 Å². The van der Waals surface area contributed by atoms with Crippen molar-refractivity contribution in [2.75, 3.05) is 18.9 Å². The fourth-order valence-electron chi connectivity index (χ4n) is 5.19. The minimum atomic E-state index is -5.01. The van der Waals surface area contributed by atoms with Crippen molar-refractivity contribution < 1.29 is 50.6 Å². The second kappa shape index (κ2) is 16.3. The number of nitrogens with zero attached hydrogens (tertiary/aromatic N) is 8. The molecule has 1 aliphatic rings. The SMILES string of the molecule is C[n+]1cc(-c2ccc(OCC(O/N=C(\C(=O)NC3C(=O)N(OS(=O)(=O)O)C3(C)C)c3csc(N)n3)c3nn[nH]n3)cc2)cn1CCCNC(=O)OC(C)(C)C. The van der Waals surface area contributed by atoms with Gasteiger partial charge in [-0.05, 0) is 58.7 Å². The van der Waals surface area contributed by atoms with E-state index in [1.54, 1.807) is 12.1 Å². The molecule has 2 unspecified atom stereocenters. The molecule has 5 rings (SSSR count). The molecule has 22 nitrogen and oxygen atoms in total. The lowest BCUT2D eigenvalue weighted by molar-refractivity contribution is -0.753. The highest BCUT2D eigenvalue weighted by atomic mass is 32.3. The number of thiazole rings is 1. The van der Waals surface area contributed by atoms with Crippen LogP contribution in [0.3, 0.4) is 0 Å². The van der Waals surface area contributed by atoms with Crippen LogP contribution in [-0.2, 0) is 47.4 Å². The van der Waals surface area contributed by atoms with Crippen LogP contribution in [0.25, 0.3) is 11.1 Å². The Morgan fingerprint density at radius 3 is 2.55 bits per heavy atom. The molecular weight excluding hydrogens is 765 g/mol. The summed E-state index contributed by atoms with van der Waals surface area (Å²) in [6.07, 6.45) is 3.11. The van der Waals surface area contributed by atoms with Gasteiger partial charge in [0.05, 0.1) is 23.8 Å². The van der Waals surface area contributed by atoms with Crippen molar-refractivity contribution >= 4 is 50.5 Å². The molecule has 0 bridgehead atoms. The van der Waals surface area contributed by atoms with E-state index in [1.807, 2.05) is 61.7 Å². The van der Waals surface area contributed by atoms with E-state index in [9.17, 15) is 22.8 Å². The molecule has 2 atom stereocenters. The summed E-state index contributed by atoms with van der Waals surface area (Å²) in [7, 11) is -3.09. The van der Waals surface area contributed by atoms with E-state index < -0.39 is 51.6 Å². The quantitative estimate of drug-likeness (QED) is 0.0262. The number of benzene rings is 1. The summed E-state index contributed by atoms with van der Waals surface area (Å²) in [5.74, 6) is -1.36. The first-order valence-electron chi connectivity index (χ1n) is 16.6. The van der Waals surface area contributed by atoms with Gasteiger partial charge in [0.1, 0.15) is 29.7 Å². The van der Waals surface area contributed by atoms with Crippen LogP contribution in [-0.4, -0.2) is 102 Å². The van der Waals surface area contributed by atoms with Crippen molar-refractivity contribution in [1.29, 1.82) is 0 Å². The first-order chi connectivity index (χ1) is 25.8. The van der Waals surface area contributed by atoms with Gasteiger partial charge in [0.25, 0.3) is 11.8 Å². The molecular formula is C31H41N12O10S2+. The van der Waals surface area contributed by atoms with Crippen LogP contribution in [0.1, 0.15) is 58.7 Å². The summed E-state index contributed by atoms with van der Waals surface area (Å²) in [5, 5.41) is 25.0. The fourth-order valence-corrected chi connectivity index (χ4v) is 6.19. The summed E-state index contributed by atoms with van der Waals surface area (Å²) >= 11 is 1.02. The number of aryl methyl sites for hydroxylation is 2. The number of H-pyrrole nitrogens is 1.